The van der Waals surface area contributed by atoms with Gasteiger partial charge in [-0.3, -0.25) is 4.90 Å². The smallest absolute Gasteiger partial charge is 0.422 e. The van der Waals surface area contributed by atoms with Crippen LogP contribution in [0.1, 0.15) is 12.8 Å². The molecule has 0 N–H and O–H groups in total. The molecule has 2 saturated heterocycles. The van der Waals surface area contributed by atoms with E-state index >= 15 is 0 Å². The fraction of sp³-hybridized carbons (Fsp3) is 0.706. The zero-order chi connectivity index (χ0) is 17.9. The van der Waals surface area contributed by atoms with E-state index in [1.165, 1.54) is 6.07 Å². The average molecular weight is 358 g/mol. The normalized spacial score (nSPS) is 21.5. The largest absolute Gasteiger partial charge is 0.468 e. The molecular weight excluding hydrogens is 333 g/mol. The van der Waals surface area contributed by atoms with E-state index in [0.717, 1.165) is 52.1 Å². The maximum Gasteiger partial charge on any atom is 0.422 e. The Morgan fingerprint density at radius 2 is 1.76 bits per heavy atom. The molecule has 0 aromatic carbocycles. The van der Waals surface area contributed by atoms with Gasteiger partial charge in [-0.2, -0.15) is 18.2 Å². The predicted molar refractivity (Wildman–Crippen MR) is 90.1 cm³/mol. The van der Waals surface area contributed by atoms with Gasteiger partial charge < -0.3 is 14.5 Å². The quantitative estimate of drug-likeness (QED) is 0.824. The maximum atomic E-state index is 12.3. The molecule has 3 heterocycles. The highest BCUT2D eigenvalue weighted by atomic mass is 19.4. The minimum absolute atomic E-state index is 0.0241. The van der Waals surface area contributed by atoms with Crippen molar-refractivity contribution in [3.63, 3.8) is 0 Å². The predicted octanol–water partition coefficient (Wildman–Crippen LogP) is 2.24. The van der Waals surface area contributed by atoms with Gasteiger partial charge in [0.05, 0.1) is 0 Å². The van der Waals surface area contributed by atoms with Crippen molar-refractivity contribution in [1.82, 2.24) is 14.8 Å². The van der Waals surface area contributed by atoms with Gasteiger partial charge in [0.15, 0.2) is 6.61 Å². The third-order valence-electron chi connectivity index (χ3n) is 4.94. The Morgan fingerprint density at radius 3 is 2.40 bits per heavy atom. The molecule has 3 rings (SSSR count). The summed E-state index contributed by atoms with van der Waals surface area (Å²) in [6, 6.07) is 5.58. The lowest BCUT2D eigenvalue weighted by atomic mass is 10.0. The molecule has 5 nitrogen and oxygen atoms in total. The molecule has 0 aliphatic carbocycles. The van der Waals surface area contributed by atoms with Crippen LogP contribution in [0.2, 0.25) is 0 Å². The van der Waals surface area contributed by atoms with Gasteiger partial charge in [-0.25, -0.2) is 0 Å². The summed E-state index contributed by atoms with van der Waals surface area (Å²) in [5.74, 6) is 0.715. The van der Waals surface area contributed by atoms with Crippen LogP contribution >= 0.6 is 0 Å². The maximum absolute atomic E-state index is 12.3. The van der Waals surface area contributed by atoms with Crippen LogP contribution in [0.5, 0.6) is 5.88 Å². The number of hydrogen-bond donors (Lipinski definition) is 0. The highest BCUT2D eigenvalue weighted by Gasteiger charge is 2.29. The van der Waals surface area contributed by atoms with E-state index in [4.69, 9.17) is 4.74 Å². The molecule has 2 aliphatic rings. The van der Waals surface area contributed by atoms with Crippen LogP contribution < -0.4 is 9.64 Å². The summed E-state index contributed by atoms with van der Waals surface area (Å²) in [6.45, 7) is 4.87. The molecule has 0 spiro atoms. The average Bonchev–Trinajstić information content (AvgIpc) is 2.61. The van der Waals surface area contributed by atoms with Gasteiger partial charge in [-0.15, -0.1) is 0 Å². The first kappa shape index (κ1) is 18.3. The van der Waals surface area contributed by atoms with Crippen molar-refractivity contribution in [1.29, 1.82) is 0 Å². The molecule has 1 aromatic rings. The Bertz CT molecular complexity index is 553. The van der Waals surface area contributed by atoms with Gasteiger partial charge in [0, 0.05) is 51.4 Å². The van der Waals surface area contributed by atoms with Crippen LogP contribution in [0.25, 0.3) is 0 Å². The molecule has 0 saturated carbocycles. The van der Waals surface area contributed by atoms with E-state index in [2.05, 4.69) is 26.7 Å². The van der Waals surface area contributed by atoms with Crippen LogP contribution in [-0.2, 0) is 0 Å². The minimum Gasteiger partial charge on any atom is -0.468 e. The molecule has 2 aliphatic heterocycles. The van der Waals surface area contributed by atoms with Gasteiger partial charge in [-0.05, 0) is 26.0 Å². The van der Waals surface area contributed by atoms with E-state index < -0.39 is 12.8 Å². The summed E-state index contributed by atoms with van der Waals surface area (Å²) in [5.41, 5.74) is 0. The van der Waals surface area contributed by atoms with E-state index in [9.17, 15) is 13.2 Å². The molecule has 0 atom stereocenters. The van der Waals surface area contributed by atoms with Crippen molar-refractivity contribution < 1.29 is 17.9 Å². The van der Waals surface area contributed by atoms with E-state index in [0.29, 0.717) is 11.9 Å². The second kappa shape index (κ2) is 7.78. The van der Waals surface area contributed by atoms with Crippen LogP contribution in [0.15, 0.2) is 18.2 Å². The highest BCUT2D eigenvalue weighted by Crippen LogP contribution is 2.24. The van der Waals surface area contributed by atoms with Crippen LogP contribution in [0.3, 0.4) is 0 Å². The third kappa shape index (κ3) is 5.22. The lowest BCUT2D eigenvalue weighted by Crippen LogP contribution is -2.52. The Morgan fingerprint density at radius 1 is 1.08 bits per heavy atom. The van der Waals surface area contributed by atoms with Crippen molar-refractivity contribution >= 4 is 5.82 Å². The number of piperidine rings is 1. The SMILES string of the molecule is CN1CCN(C2CCN(c3cccc(OCC(F)(F)F)n3)CC2)CC1. The number of halogens is 3. The molecule has 2 fully saturated rings. The molecule has 0 radical (unpaired) electrons. The Kier molecular flexibility index (Phi) is 5.68. The summed E-state index contributed by atoms with van der Waals surface area (Å²) >= 11 is 0. The van der Waals surface area contributed by atoms with Crippen molar-refractivity contribution in [2.45, 2.75) is 25.1 Å². The zero-order valence-corrected chi connectivity index (χ0v) is 14.5. The molecule has 25 heavy (non-hydrogen) atoms. The topological polar surface area (TPSA) is 31.8 Å². The fourth-order valence-corrected chi connectivity index (χ4v) is 3.46. The zero-order valence-electron chi connectivity index (χ0n) is 14.5. The Hall–Kier alpha value is -1.54. The lowest BCUT2D eigenvalue weighted by Gasteiger charge is -2.42. The number of alkyl halides is 3. The van der Waals surface area contributed by atoms with Crippen LogP contribution in [0.4, 0.5) is 19.0 Å². The van der Waals surface area contributed by atoms with Crippen molar-refractivity contribution in [3.8, 4) is 5.88 Å². The standard InChI is InChI=1S/C17H25F3N4O/c1-22-9-11-23(12-10-22)14-5-7-24(8-6-14)15-3-2-4-16(21-15)25-13-17(18,19)20/h2-4,14H,5-13H2,1H3. The molecule has 0 unspecified atom stereocenters. The highest BCUT2D eigenvalue weighted by molar-refractivity contribution is 5.41. The van der Waals surface area contributed by atoms with E-state index in [1.54, 1.807) is 6.07 Å². The second-order valence-electron chi connectivity index (χ2n) is 6.80. The molecule has 8 heteroatoms. The van der Waals surface area contributed by atoms with Gasteiger partial charge in [0.1, 0.15) is 5.82 Å². The summed E-state index contributed by atoms with van der Waals surface area (Å²) in [4.78, 5) is 11.3. The number of piperazine rings is 1. The second-order valence-corrected chi connectivity index (χ2v) is 6.80. The summed E-state index contributed by atoms with van der Waals surface area (Å²) in [6.07, 6.45) is -2.24. The summed E-state index contributed by atoms with van der Waals surface area (Å²) < 4.78 is 41.6. The van der Waals surface area contributed by atoms with Crippen molar-refractivity contribution in [3.05, 3.63) is 18.2 Å². The minimum atomic E-state index is -4.35. The molecule has 1 aromatic heterocycles. The number of hydrogen-bond acceptors (Lipinski definition) is 5. The first-order valence-electron chi connectivity index (χ1n) is 8.75. The molecular formula is C17H25F3N4O. The molecule has 0 amide bonds. The number of likely N-dealkylation sites (N-methyl/N-ethyl adjacent to an activating group) is 1. The number of nitrogens with zero attached hydrogens (tertiary/aromatic N) is 4. The number of pyridine rings is 1. The van der Waals surface area contributed by atoms with Crippen molar-refractivity contribution in [2.75, 3.05) is 57.8 Å². The Balaban J connectivity index is 1.52. The monoisotopic (exact) mass is 358 g/mol. The molecule has 0 bridgehead atoms. The first-order valence-corrected chi connectivity index (χ1v) is 8.75. The van der Waals surface area contributed by atoms with E-state index in [-0.39, 0.29) is 5.88 Å². The first-order chi connectivity index (χ1) is 11.9. The van der Waals surface area contributed by atoms with Gasteiger partial charge >= 0.3 is 6.18 Å². The number of anilines is 1. The van der Waals surface area contributed by atoms with Crippen LogP contribution in [0, 0.1) is 0 Å². The van der Waals surface area contributed by atoms with Gasteiger partial charge in [0.2, 0.25) is 5.88 Å². The van der Waals surface area contributed by atoms with Crippen LogP contribution in [-0.4, -0.2) is 79.9 Å². The molecule has 140 valence electrons. The number of rotatable bonds is 4. The Labute approximate surface area is 146 Å². The number of ether oxygens (including phenoxy) is 1. The van der Waals surface area contributed by atoms with E-state index in [1.807, 2.05) is 6.07 Å². The third-order valence-corrected chi connectivity index (χ3v) is 4.94. The summed E-state index contributed by atoms with van der Waals surface area (Å²) in [5, 5.41) is 0. The van der Waals surface area contributed by atoms with Gasteiger partial charge in [-0.1, -0.05) is 6.07 Å². The van der Waals surface area contributed by atoms with Gasteiger partial charge in [0.25, 0.3) is 0 Å². The fourth-order valence-electron chi connectivity index (χ4n) is 3.46. The number of aromatic nitrogens is 1. The van der Waals surface area contributed by atoms with Crippen molar-refractivity contribution in [2.24, 2.45) is 0 Å². The lowest BCUT2D eigenvalue weighted by molar-refractivity contribution is -0.154. The summed E-state index contributed by atoms with van der Waals surface area (Å²) in [7, 11) is 2.15.